The lowest BCUT2D eigenvalue weighted by Gasteiger charge is -2.35. The van der Waals surface area contributed by atoms with Gasteiger partial charge < -0.3 is 25.2 Å². The van der Waals surface area contributed by atoms with Gasteiger partial charge in [0.15, 0.2) is 5.82 Å². The molecule has 1 amide bonds. The minimum atomic E-state index is -2.65. The smallest absolute Gasteiger partial charge is 0.257 e. The summed E-state index contributed by atoms with van der Waals surface area (Å²) >= 11 is 0. The molecule has 3 heterocycles. The normalized spacial score (nSPS) is 13.5. The number of anilines is 4. The van der Waals surface area contributed by atoms with Crippen molar-refractivity contribution in [3.63, 3.8) is 0 Å². The number of pyridine rings is 1. The second-order valence-corrected chi connectivity index (χ2v) is 9.51. The van der Waals surface area contributed by atoms with E-state index in [2.05, 4.69) is 25.7 Å². The van der Waals surface area contributed by atoms with Gasteiger partial charge in [0.2, 0.25) is 5.91 Å². The zero-order chi connectivity index (χ0) is 29.6. The van der Waals surface area contributed by atoms with E-state index < -0.39 is 12.3 Å². The minimum absolute atomic E-state index is 0.398. The summed E-state index contributed by atoms with van der Waals surface area (Å²) < 4.78 is 30.9. The van der Waals surface area contributed by atoms with E-state index in [1.54, 1.807) is 18.0 Å². The number of allylic oxidation sites excluding steroid dienone is 1. The molecule has 0 saturated carbocycles. The van der Waals surface area contributed by atoms with Gasteiger partial charge in [-0.1, -0.05) is 0 Å². The number of halogens is 2. The number of piperazine rings is 1. The second kappa shape index (κ2) is 12.5. The number of hydrogen-bond donors (Lipinski definition) is 3. The lowest BCUT2D eigenvalue weighted by molar-refractivity contribution is -0.126. The van der Waals surface area contributed by atoms with Gasteiger partial charge in [-0.15, -0.1) is 0 Å². The van der Waals surface area contributed by atoms with Crippen molar-refractivity contribution < 1.29 is 18.3 Å². The Balaban J connectivity index is 1.30. The Bertz CT molecular complexity index is 1640. The fourth-order valence-electron chi connectivity index (χ4n) is 4.60. The number of alkyl halides is 2. The summed E-state index contributed by atoms with van der Waals surface area (Å²) in [7, 11) is 1.77. The van der Waals surface area contributed by atoms with Gasteiger partial charge in [0.25, 0.3) is 6.43 Å². The highest BCUT2D eigenvalue weighted by Gasteiger charge is 2.21. The number of fused-ring (bicyclic) bond motifs is 1. The molecule has 0 spiro atoms. The molecule has 11 nitrogen and oxygen atoms in total. The quantitative estimate of drug-likeness (QED) is 0.163. The molecule has 1 fully saturated rings. The summed E-state index contributed by atoms with van der Waals surface area (Å²) in [5.41, 5.74) is 11.5. The summed E-state index contributed by atoms with van der Waals surface area (Å²) in [6, 6.07) is 14.7. The van der Waals surface area contributed by atoms with Crippen molar-refractivity contribution >= 4 is 45.6 Å². The van der Waals surface area contributed by atoms with Crippen LogP contribution in [0.25, 0.3) is 11.0 Å². The van der Waals surface area contributed by atoms with Crippen molar-refractivity contribution in [1.29, 1.82) is 5.53 Å². The third-order valence-electron chi connectivity index (χ3n) is 6.79. The van der Waals surface area contributed by atoms with Gasteiger partial charge in [0, 0.05) is 51.1 Å². The summed E-state index contributed by atoms with van der Waals surface area (Å²) in [4.78, 5) is 29.3. The van der Waals surface area contributed by atoms with Crippen molar-refractivity contribution in [3.8, 4) is 11.5 Å². The van der Waals surface area contributed by atoms with Crippen LogP contribution in [0.3, 0.4) is 0 Å². The average Bonchev–Trinajstić information content (AvgIpc) is 3.01. The number of aromatic nitrogens is 3. The first kappa shape index (κ1) is 28.3. The predicted octanol–water partition coefficient (Wildman–Crippen LogP) is 6.04. The predicted molar refractivity (Wildman–Crippen MR) is 157 cm³/mol. The Hall–Kier alpha value is -5.20. The van der Waals surface area contributed by atoms with Crippen LogP contribution in [0.15, 0.2) is 72.1 Å². The van der Waals surface area contributed by atoms with Crippen molar-refractivity contribution in [1.82, 2.24) is 19.9 Å². The fourth-order valence-corrected chi connectivity index (χ4v) is 4.60. The summed E-state index contributed by atoms with van der Waals surface area (Å²) in [6.07, 6.45) is 0.346. The lowest BCUT2D eigenvalue weighted by Crippen LogP contribution is -2.48. The Morgan fingerprint density at radius 1 is 1.10 bits per heavy atom. The molecule has 1 aliphatic heterocycles. The molecule has 3 N–H and O–H groups in total. The number of benzene rings is 2. The number of hydrogen-bond acceptors (Lipinski definition) is 10. The Labute approximate surface area is 240 Å². The van der Waals surface area contributed by atoms with Crippen molar-refractivity contribution in [2.75, 3.05) is 48.8 Å². The Morgan fingerprint density at radius 3 is 2.62 bits per heavy atom. The van der Waals surface area contributed by atoms with Crippen molar-refractivity contribution in [2.24, 2.45) is 5.11 Å². The third-order valence-corrected chi connectivity index (χ3v) is 6.79. The molecule has 216 valence electrons. The molecule has 2 aromatic carbocycles. The molecule has 1 aliphatic rings. The molecular weight excluding hydrogens is 544 g/mol. The van der Waals surface area contributed by atoms with Crippen LogP contribution in [-0.4, -0.2) is 65.4 Å². The first-order chi connectivity index (χ1) is 20.3. The number of carbonyl (C=O) groups is 1. The van der Waals surface area contributed by atoms with Gasteiger partial charge >= 0.3 is 0 Å². The summed E-state index contributed by atoms with van der Waals surface area (Å²) in [5, 5.41) is 9.87. The first-order valence-electron chi connectivity index (χ1n) is 13.2. The highest BCUT2D eigenvalue weighted by atomic mass is 19.3. The van der Waals surface area contributed by atoms with Gasteiger partial charge in [-0.2, -0.15) is 5.11 Å². The van der Waals surface area contributed by atoms with Gasteiger partial charge in [-0.25, -0.2) is 29.3 Å². The highest BCUT2D eigenvalue weighted by Crippen LogP contribution is 2.34. The Morgan fingerprint density at radius 2 is 1.90 bits per heavy atom. The molecule has 0 unspecified atom stereocenters. The van der Waals surface area contributed by atoms with Crippen LogP contribution in [0.4, 0.5) is 37.5 Å². The second-order valence-electron chi connectivity index (χ2n) is 9.51. The van der Waals surface area contributed by atoms with Gasteiger partial charge in [-0.3, -0.25) is 4.79 Å². The molecule has 4 aromatic rings. The van der Waals surface area contributed by atoms with E-state index in [1.807, 2.05) is 54.3 Å². The van der Waals surface area contributed by atoms with E-state index in [0.29, 0.717) is 72.1 Å². The van der Waals surface area contributed by atoms with E-state index in [1.165, 1.54) is 6.33 Å². The van der Waals surface area contributed by atoms with E-state index in [4.69, 9.17) is 15.3 Å². The standard InChI is InChI=1S/C29H29F2N9O2/c1-18-15-19(3-7-24(18)42-20-4-5-21(33-2)23(16-20)38-32)36-29-28-22(34-17-35-29)6-9-26(37-28)39-11-13-40(14-12-39)27(41)10-8-25(30)31/h3-10,15-17,25,32-33H,11-14H2,1-2H3,(H,34,35,36)/b10-8+,38-32?. The molecule has 13 heteroatoms. The number of ether oxygens (including phenoxy) is 1. The number of carbonyl (C=O) groups excluding carboxylic acids is 1. The summed E-state index contributed by atoms with van der Waals surface area (Å²) in [6.45, 7) is 3.75. The molecule has 0 atom stereocenters. The number of amides is 1. The molecular formula is C29H29F2N9O2. The molecule has 2 aromatic heterocycles. The van der Waals surface area contributed by atoms with Crippen molar-refractivity contribution in [3.05, 3.63) is 72.6 Å². The zero-order valence-electron chi connectivity index (χ0n) is 23.0. The van der Waals surface area contributed by atoms with Crippen LogP contribution >= 0.6 is 0 Å². The molecule has 0 radical (unpaired) electrons. The maximum atomic E-state index is 12.4. The van der Waals surface area contributed by atoms with E-state index in [-0.39, 0.29) is 0 Å². The number of nitrogens with zero attached hydrogens (tertiary/aromatic N) is 6. The van der Waals surface area contributed by atoms with Gasteiger partial charge in [-0.05, 0) is 61.0 Å². The van der Waals surface area contributed by atoms with E-state index in [9.17, 15) is 13.6 Å². The lowest BCUT2D eigenvalue weighted by atomic mass is 10.2. The van der Waals surface area contributed by atoms with E-state index >= 15 is 0 Å². The Kier molecular flexibility index (Phi) is 8.46. The maximum Gasteiger partial charge on any atom is 0.257 e. The van der Waals surface area contributed by atoms with Crippen LogP contribution in [0, 0.1) is 12.5 Å². The van der Waals surface area contributed by atoms with Crippen LogP contribution in [0.1, 0.15) is 5.56 Å². The fraction of sp³-hybridized carbons (Fsp3) is 0.241. The number of nitrogens with one attached hydrogen (secondary N) is 3. The van der Waals surface area contributed by atoms with Gasteiger partial charge in [0.1, 0.15) is 34.8 Å². The number of rotatable bonds is 9. The monoisotopic (exact) mass is 573 g/mol. The zero-order valence-corrected chi connectivity index (χ0v) is 23.0. The molecule has 1 saturated heterocycles. The minimum Gasteiger partial charge on any atom is -0.457 e. The average molecular weight is 574 g/mol. The van der Waals surface area contributed by atoms with Crippen LogP contribution in [0.2, 0.25) is 0 Å². The van der Waals surface area contributed by atoms with Crippen molar-refractivity contribution in [2.45, 2.75) is 13.3 Å². The largest absolute Gasteiger partial charge is 0.457 e. The van der Waals surface area contributed by atoms with Crippen LogP contribution in [-0.2, 0) is 4.79 Å². The SMILES string of the molecule is CNc1ccc(Oc2ccc(Nc3ncnc4ccc(N5CCN(C(=O)/C=C/C(F)F)CC5)nc34)cc2C)cc1N=N. The topological polar surface area (TPSA) is 132 Å². The first-order valence-corrected chi connectivity index (χ1v) is 13.2. The highest BCUT2D eigenvalue weighted by molar-refractivity contribution is 5.89. The third kappa shape index (κ3) is 6.40. The van der Waals surface area contributed by atoms with Crippen LogP contribution < -0.4 is 20.3 Å². The molecule has 0 bridgehead atoms. The molecule has 5 rings (SSSR count). The number of aryl methyl sites for hydroxylation is 1. The maximum absolute atomic E-state index is 12.4. The molecule has 42 heavy (non-hydrogen) atoms. The molecule has 0 aliphatic carbocycles. The van der Waals surface area contributed by atoms with E-state index in [0.717, 1.165) is 23.0 Å². The van der Waals surface area contributed by atoms with Crippen LogP contribution in [0.5, 0.6) is 11.5 Å². The summed E-state index contributed by atoms with van der Waals surface area (Å²) in [5.74, 6) is 2.04. The van der Waals surface area contributed by atoms with Gasteiger partial charge in [0.05, 0.1) is 11.2 Å².